The number of carbonyl (C=O) groups excluding carboxylic acids is 1. The van der Waals surface area contributed by atoms with E-state index in [1.165, 1.54) is 12.8 Å². The van der Waals surface area contributed by atoms with Gasteiger partial charge in [0.25, 0.3) is 0 Å². The standard InChI is InChI=1S/C16H26N4O3S/c1-24(22,23)18-11-14-7-9-20-15(6-8-17-20)12-19(14)16(21)10-13-4-2-3-5-13/h6,8,13-14,18H,2-5,7,9-12H2,1H3/t14-/m0/s1. The molecule has 1 atom stereocenters. The number of hydrogen-bond acceptors (Lipinski definition) is 4. The van der Waals surface area contributed by atoms with E-state index in [2.05, 4.69) is 9.82 Å². The Morgan fingerprint density at radius 3 is 2.79 bits per heavy atom. The zero-order valence-corrected chi connectivity index (χ0v) is 15.0. The van der Waals surface area contributed by atoms with Gasteiger partial charge in [0.2, 0.25) is 15.9 Å². The fraction of sp³-hybridized carbons (Fsp3) is 0.750. The topological polar surface area (TPSA) is 84.3 Å². The van der Waals surface area contributed by atoms with Gasteiger partial charge in [0.15, 0.2) is 0 Å². The van der Waals surface area contributed by atoms with Crippen LogP contribution in [-0.4, -0.2) is 47.8 Å². The van der Waals surface area contributed by atoms with Gasteiger partial charge in [0.05, 0.1) is 18.5 Å². The largest absolute Gasteiger partial charge is 0.332 e. The Bertz CT molecular complexity index is 679. The highest BCUT2D eigenvalue weighted by Gasteiger charge is 2.30. The maximum absolute atomic E-state index is 12.9. The highest BCUT2D eigenvalue weighted by atomic mass is 32.2. The number of nitrogens with one attached hydrogen (secondary N) is 1. The van der Waals surface area contributed by atoms with E-state index in [4.69, 9.17) is 0 Å². The number of fused-ring (bicyclic) bond motifs is 1. The molecule has 1 N–H and O–H groups in total. The minimum Gasteiger partial charge on any atom is -0.332 e. The summed E-state index contributed by atoms with van der Waals surface area (Å²) in [6.07, 6.45) is 8.86. The Kier molecular flexibility index (Phi) is 5.24. The van der Waals surface area contributed by atoms with Gasteiger partial charge in [-0.3, -0.25) is 9.48 Å². The molecule has 2 heterocycles. The van der Waals surface area contributed by atoms with Gasteiger partial charge in [0.1, 0.15) is 0 Å². The molecule has 1 aromatic rings. The van der Waals surface area contributed by atoms with Gasteiger partial charge < -0.3 is 4.90 Å². The van der Waals surface area contributed by atoms with Gasteiger partial charge in [-0.1, -0.05) is 12.8 Å². The maximum atomic E-state index is 12.9. The molecule has 1 amide bonds. The average Bonchev–Trinajstić information content (AvgIpc) is 3.13. The fourth-order valence-electron chi connectivity index (χ4n) is 3.76. The first-order valence-corrected chi connectivity index (χ1v) is 10.6. The number of amides is 1. The Labute approximate surface area is 143 Å². The fourth-order valence-corrected chi connectivity index (χ4v) is 4.25. The number of aromatic nitrogens is 2. The molecule has 0 aromatic carbocycles. The Morgan fingerprint density at radius 2 is 2.08 bits per heavy atom. The van der Waals surface area contributed by atoms with Crippen molar-refractivity contribution in [2.45, 2.75) is 57.7 Å². The number of aryl methyl sites for hydroxylation is 1. The summed E-state index contributed by atoms with van der Waals surface area (Å²) >= 11 is 0. The van der Waals surface area contributed by atoms with Crippen molar-refractivity contribution in [3.8, 4) is 0 Å². The average molecular weight is 354 g/mol. The summed E-state index contributed by atoms with van der Waals surface area (Å²) in [5, 5.41) is 4.30. The molecular formula is C16H26N4O3S. The van der Waals surface area contributed by atoms with E-state index in [0.717, 1.165) is 24.8 Å². The molecule has 8 heteroatoms. The predicted molar refractivity (Wildman–Crippen MR) is 90.6 cm³/mol. The van der Waals surface area contributed by atoms with E-state index < -0.39 is 10.0 Å². The number of rotatable bonds is 5. The van der Waals surface area contributed by atoms with E-state index in [1.54, 1.807) is 6.20 Å². The summed E-state index contributed by atoms with van der Waals surface area (Å²) in [5.41, 5.74) is 1.01. The van der Waals surface area contributed by atoms with Crippen molar-refractivity contribution < 1.29 is 13.2 Å². The molecular weight excluding hydrogens is 328 g/mol. The first-order valence-electron chi connectivity index (χ1n) is 8.67. The third-order valence-electron chi connectivity index (χ3n) is 5.09. The summed E-state index contributed by atoms with van der Waals surface area (Å²) in [6, 6.07) is 1.80. The second-order valence-electron chi connectivity index (χ2n) is 6.99. The van der Waals surface area contributed by atoms with Gasteiger partial charge in [-0.15, -0.1) is 0 Å². The van der Waals surface area contributed by atoms with Crippen LogP contribution in [0, 0.1) is 5.92 Å². The SMILES string of the molecule is CS(=O)(=O)NC[C@@H]1CCn2nccc2CN1C(=O)CC1CCCC1. The molecule has 0 saturated heterocycles. The molecule has 1 fully saturated rings. The maximum Gasteiger partial charge on any atom is 0.223 e. The van der Waals surface area contributed by atoms with Crippen molar-refractivity contribution in [3.05, 3.63) is 18.0 Å². The number of sulfonamides is 1. The van der Waals surface area contributed by atoms with Crippen LogP contribution in [0.2, 0.25) is 0 Å². The van der Waals surface area contributed by atoms with Gasteiger partial charge in [-0.05, 0) is 31.2 Å². The lowest BCUT2D eigenvalue weighted by atomic mass is 10.0. The molecule has 1 aliphatic carbocycles. The molecule has 0 spiro atoms. The normalized spacial score (nSPS) is 22.4. The monoisotopic (exact) mass is 354 g/mol. The second kappa shape index (κ2) is 7.23. The highest BCUT2D eigenvalue weighted by molar-refractivity contribution is 7.88. The van der Waals surface area contributed by atoms with Crippen LogP contribution in [0.3, 0.4) is 0 Å². The first kappa shape index (κ1) is 17.4. The van der Waals surface area contributed by atoms with Crippen LogP contribution >= 0.6 is 0 Å². The summed E-state index contributed by atoms with van der Waals surface area (Å²) in [4.78, 5) is 14.8. The van der Waals surface area contributed by atoms with Crippen LogP contribution in [0.25, 0.3) is 0 Å². The van der Waals surface area contributed by atoms with E-state index in [9.17, 15) is 13.2 Å². The molecule has 7 nitrogen and oxygen atoms in total. The molecule has 24 heavy (non-hydrogen) atoms. The summed E-state index contributed by atoms with van der Waals surface area (Å²) in [5.74, 6) is 0.617. The zero-order valence-electron chi connectivity index (χ0n) is 14.1. The van der Waals surface area contributed by atoms with Crippen LogP contribution in [0.4, 0.5) is 0 Å². The molecule has 1 aliphatic heterocycles. The zero-order chi connectivity index (χ0) is 17.2. The van der Waals surface area contributed by atoms with Gasteiger partial charge in [-0.25, -0.2) is 13.1 Å². The van der Waals surface area contributed by atoms with E-state index in [0.29, 0.717) is 31.8 Å². The predicted octanol–water partition coefficient (Wildman–Crippen LogP) is 1.11. The smallest absolute Gasteiger partial charge is 0.223 e. The van der Waals surface area contributed by atoms with Gasteiger partial charge >= 0.3 is 0 Å². The van der Waals surface area contributed by atoms with E-state index >= 15 is 0 Å². The summed E-state index contributed by atoms with van der Waals surface area (Å²) < 4.78 is 27.4. The van der Waals surface area contributed by atoms with Crippen molar-refractivity contribution in [1.82, 2.24) is 19.4 Å². The lowest BCUT2D eigenvalue weighted by Gasteiger charge is -2.30. The Hall–Kier alpha value is -1.41. The minimum absolute atomic E-state index is 0.129. The number of carbonyl (C=O) groups is 1. The Balaban J connectivity index is 1.74. The van der Waals surface area contributed by atoms with Crippen LogP contribution < -0.4 is 4.72 Å². The lowest BCUT2D eigenvalue weighted by molar-refractivity contribution is -0.135. The van der Waals surface area contributed by atoms with Crippen molar-refractivity contribution in [1.29, 1.82) is 0 Å². The summed E-state index contributed by atoms with van der Waals surface area (Å²) in [7, 11) is -3.27. The molecule has 0 radical (unpaired) electrons. The molecule has 1 aromatic heterocycles. The van der Waals surface area contributed by atoms with Crippen LogP contribution in [-0.2, 0) is 27.9 Å². The van der Waals surface area contributed by atoms with Crippen molar-refractivity contribution >= 4 is 15.9 Å². The molecule has 134 valence electrons. The van der Waals surface area contributed by atoms with Crippen LogP contribution in [0.5, 0.6) is 0 Å². The lowest BCUT2D eigenvalue weighted by Crippen LogP contribution is -2.46. The minimum atomic E-state index is -3.27. The van der Waals surface area contributed by atoms with Gasteiger partial charge in [0, 0.05) is 31.7 Å². The molecule has 0 bridgehead atoms. The Morgan fingerprint density at radius 1 is 1.33 bits per heavy atom. The number of hydrogen-bond donors (Lipinski definition) is 1. The highest BCUT2D eigenvalue weighted by Crippen LogP contribution is 2.29. The molecule has 3 rings (SSSR count). The second-order valence-corrected chi connectivity index (χ2v) is 8.82. The van der Waals surface area contributed by atoms with Crippen LogP contribution in [0.15, 0.2) is 12.3 Å². The van der Waals surface area contributed by atoms with Crippen molar-refractivity contribution in [2.24, 2.45) is 5.92 Å². The molecule has 0 unspecified atom stereocenters. The third kappa shape index (κ3) is 4.36. The molecule has 2 aliphatic rings. The van der Waals surface area contributed by atoms with E-state index in [1.807, 2.05) is 15.6 Å². The van der Waals surface area contributed by atoms with Crippen molar-refractivity contribution in [3.63, 3.8) is 0 Å². The quantitative estimate of drug-likeness (QED) is 0.858. The van der Waals surface area contributed by atoms with Gasteiger partial charge in [-0.2, -0.15) is 5.10 Å². The first-order chi connectivity index (χ1) is 11.4. The summed E-state index contributed by atoms with van der Waals surface area (Å²) in [6.45, 7) is 1.47. The number of nitrogens with zero attached hydrogens (tertiary/aromatic N) is 3. The van der Waals surface area contributed by atoms with Crippen LogP contribution in [0.1, 0.15) is 44.2 Å². The van der Waals surface area contributed by atoms with E-state index in [-0.39, 0.29) is 18.5 Å². The third-order valence-corrected chi connectivity index (χ3v) is 5.78. The molecule has 1 saturated carbocycles. The van der Waals surface area contributed by atoms with Crippen molar-refractivity contribution in [2.75, 3.05) is 12.8 Å².